The Kier molecular flexibility index (Phi) is 10.0. The molecule has 0 unspecified atom stereocenters. The van der Waals surface area contributed by atoms with Crippen molar-refractivity contribution >= 4 is 46.6 Å². The van der Waals surface area contributed by atoms with Crippen molar-refractivity contribution < 1.29 is 9.59 Å². The van der Waals surface area contributed by atoms with Crippen LogP contribution in [0.5, 0.6) is 0 Å². The highest BCUT2D eigenvalue weighted by Gasteiger charge is 2.30. The smallest absolute Gasteiger partial charge is 0.243 e. The molecule has 184 valence electrons. The second-order valence-electron chi connectivity index (χ2n) is 8.73. The Bertz CT molecular complexity index is 1150. The normalized spacial score (nSPS) is 11.8. The summed E-state index contributed by atoms with van der Waals surface area (Å²) in [5.41, 5.74) is 2.65. The summed E-state index contributed by atoms with van der Waals surface area (Å²) in [6.07, 6.45) is 1.07. The highest BCUT2D eigenvalue weighted by molar-refractivity contribution is 6.42. The zero-order valence-electron chi connectivity index (χ0n) is 19.8. The Labute approximate surface area is 222 Å². The molecule has 0 heterocycles. The lowest BCUT2D eigenvalue weighted by molar-refractivity contribution is -0.141. The van der Waals surface area contributed by atoms with Gasteiger partial charge in [-0.2, -0.15) is 0 Å². The van der Waals surface area contributed by atoms with Gasteiger partial charge in [0.1, 0.15) is 6.04 Å². The SMILES string of the molecule is CC(C)NC(=O)[C@H](Cc1ccccc1)N(Cc1ccc(Cl)c(Cl)c1)C(=O)CCc1ccccc1Cl. The number of nitrogens with zero attached hydrogens (tertiary/aromatic N) is 1. The van der Waals surface area contributed by atoms with E-state index in [1.165, 1.54) is 0 Å². The van der Waals surface area contributed by atoms with Gasteiger partial charge in [0.2, 0.25) is 11.8 Å². The lowest BCUT2D eigenvalue weighted by Gasteiger charge is -2.32. The van der Waals surface area contributed by atoms with E-state index in [9.17, 15) is 9.59 Å². The average Bonchev–Trinajstić information content (AvgIpc) is 2.83. The fourth-order valence-electron chi connectivity index (χ4n) is 3.86. The van der Waals surface area contributed by atoms with E-state index in [-0.39, 0.29) is 30.8 Å². The predicted octanol–water partition coefficient (Wildman–Crippen LogP) is 6.74. The summed E-state index contributed by atoms with van der Waals surface area (Å²) < 4.78 is 0. The van der Waals surface area contributed by atoms with Crippen LogP contribution < -0.4 is 5.32 Å². The van der Waals surface area contributed by atoms with Crippen molar-refractivity contribution in [1.29, 1.82) is 0 Å². The largest absolute Gasteiger partial charge is 0.352 e. The van der Waals surface area contributed by atoms with Crippen molar-refractivity contribution in [3.8, 4) is 0 Å². The zero-order valence-corrected chi connectivity index (χ0v) is 22.1. The number of hydrogen-bond acceptors (Lipinski definition) is 2. The van der Waals surface area contributed by atoms with Gasteiger partial charge in [0, 0.05) is 30.5 Å². The van der Waals surface area contributed by atoms with E-state index >= 15 is 0 Å². The molecule has 0 saturated heterocycles. The number of aryl methyl sites for hydroxylation is 1. The standard InChI is InChI=1S/C28H29Cl3N2O2/c1-19(2)32-28(35)26(17-20-8-4-3-5-9-20)33(18-21-12-14-24(30)25(31)16-21)27(34)15-13-22-10-6-7-11-23(22)29/h3-12,14,16,19,26H,13,15,17-18H2,1-2H3,(H,32,35)/t26-/m0/s1. The fraction of sp³-hybridized carbons (Fsp3) is 0.286. The Hall–Kier alpha value is -2.53. The molecule has 0 radical (unpaired) electrons. The first-order valence-electron chi connectivity index (χ1n) is 11.6. The third-order valence-corrected chi connectivity index (χ3v) is 6.71. The molecule has 3 aromatic rings. The molecular formula is C28H29Cl3N2O2. The van der Waals surface area contributed by atoms with Gasteiger partial charge in [-0.25, -0.2) is 0 Å². The minimum atomic E-state index is -0.701. The van der Waals surface area contributed by atoms with Crippen molar-refractivity contribution in [1.82, 2.24) is 10.2 Å². The molecule has 1 N–H and O–H groups in total. The average molecular weight is 532 g/mol. The van der Waals surface area contributed by atoms with Crippen LogP contribution in [0.25, 0.3) is 0 Å². The number of hydrogen-bond donors (Lipinski definition) is 1. The first-order chi connectivity index (χ1) is 16.7. The van der Waals surface area contributed by atoms with Crippen molar-refractivity contribution in [2.45, 2.75) is 51.7 Å². The molecule has 0 bridgehead atoms. The molecule has 0 aliphatic heterocycles. The third kappa shape index (κ3) is 7.99. The minimum Gasteiger partial charge on any atom is -0.352 e. The summed E-state index contributed by atoms with van der Waals surface area (Å²) >= 11 is 18.7. The van der Waals surface area contributed by atoms with E-state index in [2.05, 4.69) is 5.32 Å². The number of amides is 2. The quantitative estimate of drug-likeness (QED) is 0.315. The Morgan fingerprint density at radius 2 is 1.51 bits per heavy atom. The molecule has 2 amide bonds. The number of rotatable bonds is 10. The van der Waals surface area contributed by atoms with E-state index in [4.69, 9.17) is 34.8 Å². The van der Waals surface area contributed by atoms with Gasteiger partial charge in [0.05, 0.1) is 10.0 Å². The first-order valence-corrected chi connectivity index (χ1v) is 12.7. The van der Waals surface area contributed by atoms with E-state index in [0.717, 1.165) is 16.7 Å². The van der Waals surface area contributed by atoms with E-state index in [1.807, 2.05) is 74.5 Å². The third-order valence-electron chi connectivity index (χ3n) is 5.60. The minimum absolute atomic E-state index is 0.0640. The van der Waals surface area contributed by atoms with Crippen molar-refractivity contribution in [2.24, 2.45) is 0 Å². The molecule has 0 aliphatic rings. The summed E-state index contributed by atoms with van der Waals surface area (Å²) in [4.78, 5) is 28.7. The second-order valence-corrected chi connectivity index (χ2v) is 9.95. The Balaban J connectivity index is 1.93. The van der Waals surface area contributed by atoms with E-state index in [0.29, 0.717) is 27.9 Å². The van der Waals surface area contributed by atoms with Gasteiger partial charge in [-0.3, -0.25) is 9.59 Å². The van der Waals surface area contributed by atoms with Gasteiger partial charge in [-0.1, -0.05) is 89.4 Å². The molecule has 0 fully saturated rings. The van der Waals surface area contributed by atoms with Gasteiger partial charge in [0.25, 0.3) is 0 Å². The lowest BCUT2D eigenvalue weighted by atomic mass is 10.0. The maximum Gasteiger partial charge on any atom is 0.243 e. The predicted molar refractivity (Wildman–Crippen MR) is 144 cm³/mol. The van der Waals surface area contributed by atoms with Crippen LogP contribution in [0.4, 0.5) is 0 Å². The van der Waals surface area contributed by atoms with Crippen molar-refractivity contribution in [3.05, 3.63) is 105 Å². The van der Waals surface area contributed by atoms with Crippen LogP contribution >= 0.6 is 34.8 Å². The summed E-state index contributed by atoms with van der Waals surface area (Å²) in [5, 5.41) is 4.44. The molecular weight excluding hydrogens is 503 g/mol. The summed E-state index contributed by atoms with van der Waals surface area (Å²) in [5.74, 6) is -0.342. The van der Waals surface area contributed by atoms with Crippen LogP contribution in [0.2, 0.25) is 15.1 Å². The maximum absolute atomic E-state index is 13.6. The second kappa shape index (κ2) is 13.0. The molecule has 1 atom stereocenters. The number of halogens is 3. The highest BCUT2D eigenvalue weighted by atomic mass is 35.5. The van der Waals surface area contributed by atoms with Crippen molar-refractivity contribution in [2.75, 3.05) is 0 Å². The van der Waals surface area contributed by atoms with Crippen molar-refractivity contribution in [3.63, 3.8) is 0 Å². The molecule has 0 aromatic heterocycles. The summed E-state index contributed by atoms with van der Waals surface area (Å²) in [6.45, 7) is 4.03. The number of nitrogens with one attached hydrogen (secondary N) is 1. The van der Waals surface area contributed by atoms with Crippen LogP contribution in [-0.2, 0) is 29.0 Å². The maximum atomic E-state index is 13.6. The molecule has 3 rings (SSSR count). The number of carbonyl (C=O) groups is 2. The molecule has 0 spiro atoms. The van der Waals surface area contributed by atoms with Crippen LogP contribution in [0.1, 0.15) is 37.0 Å². The zero-order chi connectivity index (χ0) is 25.4. The summed E-state index contributed by atoms with van der Waals surface area (Å²) in [6, 6.07) is 21.7. The number of carbonyl (C=O) groups excluding carboxylic acids is 2. The van der Waals surface area contributed by atoms with Gasteiger partial charge in [-0.15, -0.1) is 0 Å². The Morgan fingerprint density at radius 3 is 2.17 bits per heavy atom. The van der Waals surface area contributed by atoms with E-state index in [1.54, 1.807) is 17.0 Å². The number of benzene rings is 3. The van der Waals surface area contributed by atoms with Crippen LogP contribution in [0.3, 0.4) is 0 Å². The first kappa shape index (κ1) is 27.1. The lowest BCUT2D eigenvalue weighted by Crippen LogP contribution is -2.51. The topological polar surface area (TPSA) is 49.4 Å². The van der Waals surface area contributed by atoms with Gasteiger partial charge < -0.3 is 10.2 Å². The molecule has 4 nitrogen and oxygen atoms in total. The molecule has 0 saturated carbocycles. The monoisotopic (exact) mass is 530 g/mol. The molecule has 7 heteroatoms. The van der Waals surface area contributed by atoms with Gasteiger partial charge >= 0.3 is 0 Å². The van der Waals surface area contributed by atoms with Crippen LogP contribution in [-0.4, -0.2) is 28.8 Å². The Morgan fingerprint density at radius 1 is 0.829 bits per heavy atom. The van der Waals surface area contributed by atoms with Gasteiger partial charge in [-0.05, 0) is 55.2 Å². The van der Waals surface area contributed by atoms with Crippen LogP contribution in [0, 0.1) is 0 Å². The van der Waals surface area contributed by atoms with E-state index < -0.39 is 6.04 Å². The highest BCUT2D eigenvalue weighted by Crippen LogP contribution is 2.25. The van der Waals surface area contributed by atoms with Crippen LogP contribution in [0.15, 0.2) is 72.8 Å². The molecule has 3 aromatic carbocycles. The fourth-order valence-corrected chi connectivity index (χ4v) is 4.41. The summed E-state index contributed by atoms with van der Waals surface area (Å²) in [7, 11) is 0. The molecule has 0 aliphatic carbocycles. The molecule has 35 heavy (non-hydrogen) atoms. The van der Waals surface area contributed by atoms with Gasteiger partial charge in [0.15, 0.2) is 0 Å².